The highest BCUT2D eigenvalue weighted by Gasteiger charge is 2.33. The van der Waals surface area contributed by atoms with Gasteiger partial charge in [-0.1, -0.05) is 0 Å². The number of rotatable bonds is 2. The van der Waals surface area contributed by atoms with Gasteiger partial charge in [-0.15, -0.1) is 24.8 Å². The second-order valence-electron chi connectivity index (χ2n) is 2.65. The van der Waals surface area contributed by atoms with Crippen LogP contribution in [0.5, 0.6) is 5.75 Å². The molecular weight excluding hydrogens is 247 g/mol. The Hall–Kier alpha value is -1.68. The first-order chi connectivity index (χ1) is 7.39. The molecule has 1 aromatic heterocycles. The largest absolute Gasteiger partial charge is 0.573 e. The van der Waals surface area contributed by atoms with Gasteiger partial charge in [0.15, 0.2) is 5.75 Å². The number of halogens is 4. The van der Waals surface area contributed by atoms with Crippen molar-refractivity contribution < 1.29 is 17.9 Å². The maximum absolute atomic E-state index is 12.0. The third-order valence-electron chi connectivity index (χ3n) is 1.65. The van der Waals surface area contributed by atoms with E-state index < -0.39 is 12.1 Å². The Morgan fingerprint density at radius 2 is 2.19 bits per heavy atom. The van der Waals surface area contributed by atoms with Crippen LogP contribution >= 0.6 is 11.6 Å². The maximum atomic E-state index is 12.0. The fourth-order valence-corrected chi connectivity index (χ4v) is 1.28. The number of anilines is 1. The molecule has 16 heavy (non-hydrogen) atoms. The third kappa shape index (κ3) is 2.67. The first-order valence-corrected chi connectivity index (χ1v) is 4.41. The quantitative estimate of drug-likeness (QED) is 0.818. The first-order valence-electron chi connectivity index (χ1n) is 3.88. The van der Waals surface area contributed by atoms with Gasteiger partial charge in [-0.3, -0.25) is 0 Å². The van der Waals surface area contributed by atoms with Gasteiger partial charge >= 0.3 is 6.36 Å². The molecule has 0 saturated heterocycles. The molecule has 2 N–H and O–H groups in total. The van der Waals surface area contributed by atoms with Gasteiger partial charge in [-0.25, -0.2) is 4.98 Å². The standard InChI is InChI=1S/C8H5ClF3N3O/c9-1-4-5(2-13)7(14)15-3-6(4)16-8(10,11)12/h3H,1H2,(H2,14,15). The van der Waals surface area contributed by atoms with Crippen molar-refractivity contribution in [1.29, 1.82) is 5.26 Å². The molecule has 0 atom stereocenters. The average Bonchev–Trinajstić information content (AvgIpc) is 2.18. The van der Waals surface area contributed by atoms with Crippen LogP contribution in [0.25, 0.3) is 0 Å². The zero-order chi connectivity index (χ0) is 12.3. The van der Waals surface area contributed by atoms with Crippen molar-refractivity contribution in [3.8, 4) is 11.8 Å². The van der Waals surface area contributed by atoms with Gasteiger partial charge in [0.2, 0.25) is 0 Å². The lowest BCUT2D eigenvalue weighted by Gasteiger charge is -2.13. The topological polar surface area (TPSA) is 71.9 Å². The second-order valence-corrected chi connectivity index (χ2v) is 2.92. The van der Waals surface area contributed by atoms with Crippen LogP contribution in [-0.2, 0) is 5.88 Å². The van der Waals surface area contributed by atoms with E-state index in [0.717, 1.165) is 6.20 Å². The molecule has 0 saturated carbocycles. The summed E-state index contributed by atoms with van der Waals surface area (Å²) < 4.78 is 39.6. The average molecular weight is 252 g/mol. The molecule has 0 aliphatic rings. The molecule has 1 rings (SSSR count). The normalized spacial score (nSPS) is 10.9. The highest BCUT2D eigenvalue weighted by molar-refractivity contribution is 6.17. The van der Waals surface area contributed by atoms with Crippen molar-refractivity contribution in [3.05, 3.63) is 17.3 Å². The molecule has 0 aliphatic carbocycles. The molecule has 0 radical (unpaired) electrons. The van der Waals surface area contributed by atoms with Gasteiger partial charge < -0.3 is 10.5 Å². The van der Waals surface area contributed by atoms with Gasteiger partial charge in [0.1, 0.15) is 17.5 Å². The number of pyridine rings is 1. The van der Waals surface area contributed by atoms with Crippen molar-refractivity contribution in [2.24, 2.45) is 0 Å². The van der Waals surface area contributed by atoms with Crippen LogP contribution in [0.4, 0.5) is 19.0 Å². The summed E-state index contributed by atoms with van der Waals surface area (Å²) >= 11 is 5.44. The summed E-state index contributed by atoms with van der Waals surface area (Å²) in [6.45, 7) is 0. The van der Waals surface area contributed by atoms with Gasteiger partial charge in [-0.2, -0.15) is 5.26 Å². The minimum Gasteiger partial charge on any atom is -0.404 e. The Bertz CT molecular complexity index is 441. The number of nitrogen functional groups attached to an aromatic ring is 1. The van der Waals surface area contributed by atoms with Crippen molar-refractivity contribution in [2.75, 3.05) is 5.73 Å². The summed E-state index contributed by atoms with van der Waals surface area (Å²) in [5.41, 5.74) is 4.97. The van der Waals surface area contributed by atoms with Crippen LogP contribution < -0.4 is 10.5 Å². The van der Waals surface area contributed by atoms with Gasteiger partial charge in [0.25, 0.3) is 0 Å². The molecular formula is C8H5ClF3N3O. The third-order valence-corrected chi connectivity index (χ3v) is 1.91. The predicted octanol–water partition coefficient (Wildman–Crippen LogP) is 2.17. The van der Waals surface area contributed by atoms with Crippen molar-refractivity contribution in [1.82, 2.24) is 4.98 Å². The van der Waals surface area contributed by atoms with E-state index in [1.807, 2.05) is 0 Å². The zero-order valence-electron chi connectivity index (χ0n) is 7.68. The zero-order valence-corrected chi connectivity index (χ0v) is 8.43. The molecule has 0 aromatic carbocycles. The van der Waals surface area contributed by atoms with Crippen LogP contribution in [-0.4, -0.2) is 11.3 Å². The lowest BCUT2D eigenvalue weighted by molar-refractivity contribution is -0.275. The molecule has 4 nitrogen and oxygen atoms in total. The fourth-order valence-electron chi connectivity index (χ4n) is 1.02. The van der Waals surface area contributed by atoms with Crippen LogP contribution in [0.2, 0.25) is 0 Å². The Labute approximate surface area is 93.4 Å². The van der Waals surface area contributed by atoms with Gasteiger partial charge in [0, 0.05) is 5.56 Å². The smallest absolute Gasteiger partial charge is 0.404 e. The summed E-state index contributed by atoms with van der Waals surface area (Å²) in [6.07, 6.45) is -4.09. The summed E-state index contributed by atoms with van der Waals surface area (Å²) in [6, 6.07) is 1.62. The van der Waals surface area contributed by atoms with Crippen LogP contribution in [0.3, 0.4) is 0 Å². The summed E-state index contributed by atoms with van der Waals surface area (Å²) in [7, 11) is 0. The maximum Gasteiger partial charge on any atom is 0.573 e. The van der Waals surface area contributed by atoms with E-state index in [1.54, 1.807) is 6.07 Å². The molecule has 8 heteroatoms. The minimum absolute atomic E-state index is 0.131. The highest BCUT2D eigenvalue weighted by Crippen LogP contribution is 2.30. The Morgan fingerprint density at radius 3 is 2.62 bits per heavy atom. The number of hydrogen-bond acceptors (Lipinski definition) is 4. The van der Waals surface area contributed by atoms with Crippen LogP contribution in [0.1, 0.15) is 11.1 Å². The molecule has 0 bridgehead atoms. The number of ether oxygens (including phenoxy) is 1. The Balaban J connectivity index is 3.26. The fraction of sp³-hybridized carbons (Fsp3) is 0.250. The van der Waals surface area contributed by atoms with E-state index in [4.69, 9.17) is 22.6 Å². The van der Waals surface area contributed by atoms with Crippen LogP contribution in [0.15, 0.2) is 6.20 Å². The number of alkyl halides is 4. The van der Waals surface area contributed by atoms with Crippen molar-refractivity contribution in [3.63, 3.8) is 0 Å². The molecule has 0 fully saturated rings. The van der Waals surface area contributed by atoms with E-state index in [0.29, 0.717) is 0 Å². The number of nitrogens with zero attached hydrogens (tertiary/aromatic N) is 2. The molecule has 1 aromatic rings. The highest BCUT2D eigenvalue weighted by atomic mass is 35.5. The second kappa shape index (κ2) is 4.45. The van der Waals surface area contributed by atoms with E-state index in [-0.39, 0.29) is 22.8 Å². The lowest BCUT2D eigenvalue weighted by atomic mass is 10.1. The van der Waals surface area contributed by atoms with E-state index in [9.17, 15) is 13.2 Å². The molecule has 1 heterocycles. The number of aromatic nitrogens is 1. The van der Waals surface area contributed by atoms with E-state index in [2.05, 4.69) is 9.72 Å². The predicted molar refractivity (Wildman–Crippen MR) is 49.6 cm³/mol. The lowest BCUT2D eigenvalue weighted by Crippen LogP contribution is -2.19. The van der Waals surface area contributed by atoms with Gasteiger partial charge in [0.05, 0.1) is 12.1 Å². The summed E-state index contributed by atoms with van der Waals surface area (Å²) in [5, 5.41) is 8.69. The van der Waals surface area contributed by atoms with E-state index >= 15 is 0 Å². The molecule has 86 valence electrons. The number of nitriles is 1. The Kier molecular flexibility index (Phi) is 3.44. The molecule has 0 spiro atoms. The Morgan fingerprint density at radius 1 is 1.56 bits per heavy atom. The monoisotopic (exact) mass is 251 g/mol. The molecule has 0 unspecified atom stereocenters. The number of hydrogen-bond donors (Lipinski definition) is 1. The van der Waals surface area contributed by atoms with Crippen LogP contribution in [0, 0.1) is 11.3 Å². The SMILES string of the molecule is N#Cc1c(N)ncc(OC(F)(F)F)c1CCl. The number of nitrogens with two attached hydrogens (primary N) is 1. The van der Waals surface area contributed by atoms with Crippen molar-refractivity contribution >= 4 is 17.4 Å². The summed E-state index contributed by atoms with van der Waals surface area (Å²) in [4.78, 5) is 3.41. The molecule has 0 aliphatic heterocycles. The first kappa shape index (κ1) is 12.4. The van der Waals surface area contributed by atoms with E-state index in [1.165, 1.54) is 0 Å². The molecule has 0 amide bonds. The summed E-state index contributed by atoms with van der Waals surface area (Å²) in [5.74, 6) is -1.14. The minimum atomic E-state index is -4.87. The van der Waals surface area contributed by atoms with Crippen molar-refractivity contribution in [2.45, 2.75) is 12.2 Å². The van der Waals surface area contributed by atoms with Gasteiger partial charge in [-0.05, 0) is 0 Å².